The van der Waals surface area contributed by atoms with Crippen molar-refractivity contribution in [1.29, 1.82) is 0 Å². The zero-order valence-corrected chi connectivity index (χ0v) is 11.2. The van der Waals surface area contributed by atoms with Crippen molar-refractivity contribution in [3.05, 3.63) is 48.0 Å². The van der Waals surface area contributed by atoms with E-state index in [1.807, 2.05) is 19.1 Å². The second-order valence-electron chi connectivity index (χ2n) is 4.22. The summed E-state index contributed by atoms with van der Waals surface area (Å²) in [5, 5.41) is 0. The van der Waals surface area contributed by atoms with Gasteiger partial charge in [-0.25, -0.2) is 8.42 Å². The number of nitrogen functional groups attached to an aromatic ring is 2. The van der Waals surface area contributed by atoms with Crippen LogP contribution in [0, 0.1) is 6.92 Å². The molecule has 0 radical (unpaired) electrons. The number of hydrogen-bond donors (Lipinski definition) is 3. The van der Waals surface area contributed by atoms with Gasteiger partial charge in [0.1, 0.15) is 4.90 Å². The molecule has 6 heteroatoms. The van der Waals surface area contributed by atoms with Gasteiger partial charge in [-0.05, 0) is 36.8 Å². The van der Waals surface area contributed by atoms with Gasteiger partial charge in [0.2, 0.25) is 0 Å². The standard InChI is InChI=1S/C13H15N3O2S/c1-9-4-2-3-5-12(9)16-19(17,18)13-8-10(14)6-7-11(13)15/h2-8,16H,14-15H2,1H3. The quantitative estimate of drug-likeness (QED) is 0.747. The maximum atomic E-state index is 12.3. The molecule has 0 aliphatic heterocycles. The van der Waals surface area contributed by atoms with E-state index >= 15 is 0 Å². The number of benzene rings is 2. The summed E-state index contributed by atoms with van der Waals surface area (Å²) in [7, 11) is -3.74. The first kappa shape index (κ1) is 13.2. The Bertz CT molecular complexity index is 712. The first-order valence-corrected chi connectivity index (χ1v) is 7.12. The molecule has 0 aliphatic rings. The highest BCUT2D eigenvalue weighted by molar-refractivity contribution is 7.92. The molecule has 19 heavy (non-hydrogen) atoms. The zero-order valence-electron chi connectivity index (χ0n) is 10.4. The fourth-order valence-corrected chi connectivity index (χ4v) is 2.97. The van der Waals surface area contributed by atoms with Crippen LogP contribution >= 0.6 is 0 Å². The normalized spacial score (nSPS) is 11.2. The molecule has 0 saturated heterocycles. The molecule has 0 fully saturated rings. The molecule has 0 bridgehead atoms. The second-order valence-corrected chi connectivity index (χ2v) is 5.87. The Balaban J connectivity index is 2.44. The van der Waals surface area contributed by atoms with Gasteiger partial charge in [-0.15, -0.1) is 0 Å². The van der Waals surface area contributed by atoms with Crippen molar-refractivity contribution >= 4 is 27.1 Å². The predicted octanol–water partition coefficient (Wildman–Crippen LogP) is 1.96. The fourth-order valence-electron chi connectivity index (χ4n) is 1.67. The second kappa shape index (κ2) is 4.81. The van der Waals surface area contributed by atoms with Gasteiger partial charge in [-0.2, -0.15) is 0 Å². The van der Waals surface area contributed by atoms with Gasteiger partial charge in [-0.1, -0.05) is 18.2 Å². The minimum Gasteiger partial charge on any atom is -0.399 e. The highest BCUT2D eigenvalue weighted by Crippen LogP contribution is 2.24. The van der Waals surface area contributed by atoms with Gasteiger partial charge in [0.05, 0.1) is 11.4 Å². The summed E-state index contributed by atoms with van der Waals surface area (Å²) in [6.07, 6.45) is 0. The minimum absolute atomic E-state index is 0.0178. The lowest BCUT2D eigenvalue weighted by Gasteiger charge is -2.12. The predicted molar refractivity (Wildman–Crippen MR) is 77.3 cm³/mol. The van der Waals surface area contributed by atoms with E-state index in [4.69, 9.17) is 11.5 Å². The van der Waals surface area contributed by atoms with Crippen LogP contribution in [0.5, 0.6) is 0 Å². The van der Waals surface area contributed by atoms with Gasteiger partial charge in [0.15, 0.2) is 0 Å². The highest BCUT2D eigenvalue weighted by atomic mass is 32.2. The first-order valence-electron chi connectivity index (χ1n) is 5.63. The van der Waals surface area contributed by atoms with Crippen molar-refractivity contribution in [2.45, 2.75) is 11.8 Å². The lowest BCUT2D eigenvalue weighted by molar-refractivity contribution is 0.601. The number of anilines is 3. The molecule has 2 aromatic rings. The summed E-state index contributed by atoms with van der Waals surface area (Å²) in [5.74, 6) is 0. The lowest BCUT2D eigenvalue weighted by atomic mass is 10.2. The molecule has 0 aromatic heterocycles. The molecule has 100 valence electrons. The van der Waals surface area contributed by atoms with Gasteiger partial charge in [0.25, 0.3) is 10.0 Å². The van der Waals surface area contributed by atoms with Crippen molar-refractivity contribution < 1.29 is 8.42 Å². The smallest absolute Gasteiger partial charge is 0.264 e. The monoisotopic (exact) mass is 277 g/mol. The lowest BCUT2D eigenvalue weighted by Crippen LogP contribution is -2.15. The average molecular weight is 277 g/mol. The Labute approximate surface area is 112 Å². The number of nitrogens with one attached hydrogen (secondary N) is 1. The SMILES string of the molecule is Cc1ccccc1NS(=O)(=O)c1cc(N)ccc1N. The molecule has 5 N–H and O–H groups in total. The van der Waals surface area contributed by atoms with Crippen LogP contribution < -0.4 is 16.2 Å². The largest absolute Gasteiger partial charge is 0.399 e. The third-order valence-corrected chi connectivity index (χ3v) is 4.14. The van der Waals surface area contributed by atoms with Crippen molar-refractivity contribution in [2.75, 3.05) is 16.2 Å². The maximum Gasteiger partial charge on any atom is 0.264 e. The van der Waals surface area contributed by atoms with Crippen LogP contribution in [0.3, 0.4) is 0 Å². The van der Waals surface area contributed by atoms with Crippen LogP contribution in [0.1, 0.15) is 5.56 Å². The molecule has 0 saturated carbocycles. The summed E-state index contributed by atoms with van der Waals surface area (Å²) in [5.41, 5.74) is 13.1. The average Bonchev–Trinajstić information content (AvgIpc) is 2.35. The van der Waals surface area contributed by atoms with E-state index in [9.17, 15) is 8.42 Å². The number of nitrogens with two attached hydrogens (primary N) is 2. The maximum absolute atomic E-state index is 12.3. The Hall–Kier alpha value is -2.21. The highest BCUT2D eigenvalue weighted by Gasteiger charge is 2.18. The number of rotatable bonds is 3. The molecular weight excluding hydrogens is 262 g/mol. The molecule has 0 spiro atoms. The molecule has 0 heterocycles. The van der Waals surface area contributed by atoms with Gasteiger partial charge in [-0.3, -0.25) is 4.72 Å². The van der Waals surface area contributed by atoms with Crippen LogP contribution in [0.2, 0.25) is 0 Å². The summed E-state index contributed by atoms with van der Waals surface area (Å²) in [4.78, 5) is -0.0178. The van der Waals surface area contributed by atoms with Crippen LogP contribution in [0.25, 0.3) is 0 Å². The van der Waals surface area contributed by atoms with E-state index in [1.165, 1.54) is 12.1 Å². The Morgan fingerprint density at radius 1 is 1.05 bits per heavy atom. The van der Waals surface area contributed by atoms with Crippen molar-refractivity contribution in [1.82, 2.24) is 0 Å². The van der Waals surface area contributed by atoms with Gasteiger partial charge >= 0.3 is 0 Å². The zero-order chi connectivity index (χ0) is 14.0. The number of sulfonamides is 1. The van der Waals surface area contributed by atoms with Crippen LogP contribution in [0.15, 0.2) is 47.4 Å². The number of para-hydroxylation sites is 1. The number of aryl methyl sites for hydroxylation is 1. The van der Waals surface area contributed by atoms with Crippen molar-refractivity contribution in [3.8, 4) is 0 Å². The van der Waals surface area contributed by atoms with Crippen molar-refractivity contribution in [2.24, 2.45) is 0 Å². The summed E-state index contributed by atoms with van der Waals surface area (Å²) < 4.78 is 27.1. The Morgan fingerprint density at radius 2 is 1.74 bits per heavy atom. The van der Waals surface area contributed by atoms with E-state index in [-0.39, 0.29) is 10.6 Å². The Kier molecular flexibility index (Phi) is 3.35. The fraction of sp³-hybridized carbons (Fsp3) is 0.0769. The van der Waals surface area contributed by atoms with Crippen LogP contribution in [-0.4, -0.2) is 8.42 Å². The first-order chi connectivity index (χ1) is 8.90. The Morgan fingerprint density at radius 3 is 2.42 bits per heavy atom. The van der Waals surface area contributed by atoms with Crippen LogP contribution in [0.4, 0.5) is 17.1 Å². The van der Waals surface area contributed by atoms with Crippen molar-refractivity contribution in [3.63, 3.8) is 0 Å². The van der Waals surface area contributed by atoms with Crippen LogP contribution in [-0.2, 0) is 10.0 Å². The molecule has 0 unspecified atom stereocenters. The van der Waals surface area contributed by atoms with E-state index in [0.717, 1.165) is 5.56 Å². The van der Waals surface area contributed by atoms with Gasteiger partial charge in [0, 0.05) is 5.69 Å². The molecule has 0 atom stereocenters. The van der Waals surface area contributed by atoms with E-state index in [1.54, 1.807) is 18.2 Å². The third-order valence-electron chi connectivity index (χ3n) is 2.72. The van der Waals surface area contributed by atoms with Gasteiger partial charge < -0.3 is 11.5 Å². The van der Waals surface area contributed by atoms with E-state index < -0.39 is 10.0 Å². The third kappa shape index (κ3) is 2.79. The van der Waals surface area contributed by atoms with E-state index in [0.29, 0.717) is 11.4 Å². The molecule has 5 nitrogen and oxygen atoms in total. The summed E-state index contributed by atoms with van der Waals surface area (Å²) >= 11 is 0. The topological polar surface area (TPSA) is 98.2 Å². The summed E-state index contributed by atoms with van der Waals surface area (Å²) in [6, 6.07) is 11.5. The molecule has 2 rings (SSSR count). The molecular formula is C13H15N3O2S. The summed E-state index contributed by atoms with van der Waals surface area (Å²) in [6.45, 7) is 1.82. The minimum atomic E-state index is -3.74. The van der Waals surface area contributed by atoms with E-state index in [2.05, 4.69) is 4.72 Å². The molecule has 0 amide bonds. The molecule has 2 aromatic carbocycles. The molecule has 0 aliphatic carbocycles. The number of hydrogen-bond acceptors (Lipinski definition) is 4.